The van der Waals surface area contributed by atoms with Gasteiger partial charge in [-0.05, 0) is 30.7 Å². The second kappa shape index (κ2) is 7.94. The molecule has 1 N–H and O–H groups in total. The molecule has 0 aliphatic rings. The third kappa shape index (κ3) is 4.90. The van der Waals surface area contributed by atoms with Crippen LogP contribution in [0, 0.1) is 5.82 Å². The summed E-state index contributed by atoms with van der Waals surface area (Å²) in [5, 5.41) is 10.5. The first-order valence-corrected chi connectivity index (χ1v) is 8.57. The monoisotopic (exact) mass is 357 g/mol. The van der Waals surface area contributed by atoms with Gasteiger partial charge < -0.3 is 9.73 Å². The number of carbonyl (C=O) groups excluding carboxylic acids is 1. The Kier molecular flexibility index (Phi) is 5.45. The molecular formula is C18H16FN3O2S. The van der Waals surface area contributed by atoms with Crippen LogP contribution in [0.25, 0.3) is 0 Å². The van der Waals surface area contributed by atoms with Crippen molar-refractivity contribution in [3.8, 4) is 0 Å². The van der Waals surface area contributed by atoms with Crippen LogP contribution in [0.5, 0.6) is 0 Å². The maximum Gasteiger partial charge on any atom is 0.277 e. The first kappa shape index (κ1) is 17.2. The number of anilines is 1. The minimum Gasteiger partial charge on any atom is -0.416 e. The third-order valence-corrected chi connectivity index (χ3v) is 4.32. The Hall–Kier alpha value is -2.67. The average molecular weight is 357 g/mol. The van der Waals surface area contributed by atoms with Gasteiger partial charge in [-0.1, -0.05) is 48.2 Å². The van der Waals surface area contributed by atoms with Gasteiger partial charge in [0.1, 0.15) is 5.82 Å². The van der Waals surface area contributed by atoms with Crippen molar-refractivity contribution in [3.63, 3.8) is 0 Å². The maximum atomic E-state index is 13.2. The van der Waals surface area contributed by atoms with Crippen molar-refractivity contribution in [3.05, 3.63) is 71.9 Å². The van der Waals surface area contributed by atoms with Gasteiger partial charge in [0, 0.05) is 5.69 Å². The van der Waals surface area contributed by atoms with Gasteiger partial charge in [-0.15, -0.1) is 10.2 Å². The normalized spacial score (nSPS) is 11.9. The lowest BCUT2D eigenvalue weighted by atomic mass is 10.2. The van der Waals surface area contributed by atoms with Crippen molar-refractivity contribution in [1.29, 1.82) is 0 Å². The van der Waals surface area contributed by atoms with E-state index in [2.05, 4.69) is 15.5 Å². The summed E-state index contributed by atoms with van der Waals surface area (Å²) in [6, 6.07) is 15.5. The molecule has 0 saturated carbocycles. The van der Waals surface area contributed by atoms with E-state index in [0.29, 0.717) is 23.2 Å². The van der Waals surface area contributed by atoms with Gasteiger partial charge in [0.25, 0.3) is 5.22 Å². The van der Waals surface area contributed by atoms with Gasteiger partial charge in [-0.25, -0.2) is 4.39 Å². The summed E-state index contributed by atoms with van der Waals surface area (Å²) in [7, 11) is 0. The summed E-state index contributed by atoms with van der Waals surface area (Å²) >= 11 is 1.16. The van der Waals surface area contributed by atoms with Crippen molar-refractivity contribution in [2.45, 2.75) is 23.8 Å². The summed E-state index contributed by atoms with van der Waals surface area (Å²) in [4.78, 5) is 12.2. The lowest BCUT2D eigenvalue weighted by Crippen LogP contribution is -2.22. The highest BCUT2D eigenvalue weighted by Crippen LogP contribution is 2.23. The SMILES string of the molecule is C[C@H](Sc1nnc(Cc2ccccc2)o1)C(=O)Nc1cccc(F)c1. The van der Waals surface area contributed by atoms with E-state index in [4.69, 9.17) is 4.42 Å². The highest BCUT2D eigenvalue weighted by Gasteiger charge is 2.18. The van der Waals surface area contributed by atoms with Crippen LogP contribution in [-0.2, 0) is 11.2 Å². The van der Waals surface area contributed by atoms with E-state index in [-0.39, 0.29) is 5.91 Å². The van der Waals surface area contributed by atoms with Gasteiger partial charge in [0.15, 0.2) is 0 Å². The van der Waals surface area contributed by atoms with E-state index in [1.165, 1.54) is 18.2 Å². The fourth-order valence-corrected chi connectivity index (χ4v) is 2.84. The van der Waals surface area contributed by atoms with Gasteiger partial charge in [-0.3, -0.25) is 4.79 Å². The number of carbonyl (C=O) groups is 1. The zero-order valence-electron chi connectivity index (χ0n) is 13.5. The second-order valence-electron chi connectivity index (χ2n) is 5.38. The molecule has 7 heteroatoms. The molecule has 1 amide bonds. The zero-order chi connectivity index (χ0) is 17.6. The lowest BCUT2D eigenvalue weighted by Gasteiger charge is -2.09. The van der Waals surface area contributed by atoms with Crippen molar-refractivity contribution in [2.75, 3.05) is 5.32 Å². The van der Waals surface area contributed by atoms with Crippen molar-refractivity contribution < 1.29 is 13.6 Å². The molecule has 0 saturated heterocycles. The highest BCUT2D eigenvalue weighted by molar-refractivity contribution is 8.00. The van der Waals surface area contributed by atoms with Gasteiger partial charge >= 0.3 is 0 Å². The molecule has 1 atom stereocenters. The number of nitrogens with zero attached hydrogens (tertiary/aromatic N) is 2. The fourth-order valence-electron chi connectivity index (χ4n) is 2.14. The number of hydrogen-bond donors (Lipinski definition) is 1. The summed E-state index contributed by atoms with van der Waals surface area (Å²) in [6.07, 6.45) is 0.540. The largest absolute Gasteiger partial charge is 0.416 e. The van der Waals surface area contributed by atoms with E-state index in [0.717, 1.165) is 17.3 Å². The Labute approximate surface area is 148 Å². The Balaban J connectivity index is 1.57. The predicted molar refractivity (Wildman–Crippen MR) is 93.9 cm³/mol. The third-order valence-electron chi connectivity index (χ3n) is 3.39. The van der Waals surface area contributed by atoms with Gasteiger partial charge in [0.2, 0.25) is 11.8 Å². The van der Waals surface area contributed by atoms with Crippen LogP contribution in [0.1, 0.15) is 18.4 Å². The fraction of sp³-hybridized carbons (Fsp3) is 0.167. The van der Waals surface area contributed by atoms with Crippen LogP contribution in [0.3, 0.4) is 0 Å². The molecule has 0 aliphatic heterocycles. The lowest BCUT2D eigenvalue weighted by molar-refractivity contribution is -0.115. The van der Waals surface area contributed by atoms with Crippen molar-refractivity contribution in [2.24, 2.45) is 0 Å². The standard InChI is InChI=1S/C18H16FN3O2S/c1-12(17(23)20-15-9-5-8-14(19)11-15)25-18-22-21-16(24-18)10-13-6-3-2-4-7-13/h2-9,11-12H,10H2,1H3,(H,20,23)/t12-/m0/s1. The molecule has 128 valence electrons. The molecular weight excluding hydrogens is 341 g/mol. The zero-order valence-corrected chi connectivity index (χ0v) is 14.3. The molecule has 0 fully saturated rings. The first-order chi connectivity index (χ1) is 12.1. The van der Waals surface area contributed by atoms with E-state index >= 15 is 0 Å². The summed E-state index contributed by atoms with van der Waals surface area (Å²) in [6.45, 7) is 1.72. The molecule has 25 heavy (non-hydrogen) atoms. The van der Waals surface area contributed by atoms with Crippen LogP contribution in [0.15, 0.2) is 64.2 Å². The number of amides is 1. The van der Waals surface area contributed by atoms with E-state index in [1.54, 1.807) is 13.0 Å². The van der Waals surface area contributed by atoms with Crippen LogP contribution in [0.4, 0.5) is 10.1 Å². The molecule has 0 spiro atoms. The Morgan fingerprint density at radius 3 is 2.76 bits per heavy atom. The quantitative estimate of drug-likeness (QED) is 0.677. The molecule has 0 bridgehead atoms. The summed E-state index contributed by atoms with van der Waals surface area (Å²) in [5.41, 5.74) is 1.48. The second-order valence-corrected chi connectivity index (χ2v) is 6.68. The van der Waals surface area contributed by atoms with Gasteiger partial charge in [-0.2, -0.15) is 0 Å². The Bertz CT molecular complexity index is 854. The van der Waals surface area contributed by atoms with Crippen LogP contribution < -0.4 is 5.32 Å². The summed E-state index contributed by atoms with van der Waals surface area (Å²) in [5.74, 6) is -0.176. The minimum absolute atomic E-state index is 0.265. The number of hydrogen-bond acceptors (Lipinski definition) is 5. The van der Waals surface area contributed by atoms with Gasteiger partial charge in [0.05, 0.1) is 11.7 Å². The first-order valence-electron chi connectivity index (χ1n) is 7.69. The molecule has 1 heterocycles. The molecule has 5 nitrogen and oxygen atoms in total. The van der Waals surface area contributed by atoms with E-state index < -0.39 is 11.1 Å². The smallest absolute Gasteiger partial charge is 0.277 e. The highest BCUT2D eigenvalue weighted by atomic mass is 32.2. The number of thioether (sulfide) groups is 1. The average Bonchev–Trinajstić information content (AvgIpc) is 3.02. The molecule has 0 unspecified atom stereocenters. The predicted octanol–water partition coefficient (Wildman–Crippen LogP) is 3.92. The van der Waals surface area contributed by atoms with Crippen molar-refractivity contribution in [1.82, 2.24) is 10.2 Å². The number of rotatable bonds is 6. The Morgan fingerprint density at radius 2 is 2.00 bits per heavy atom. The Morgan fingerprint density at radius 1 is 1.20 bits per heavy atom. The summed E-state index contributed by atoms with van der Waals surface area (Å²) < 4.78 is 18.7. The van der Waals surface area contributed by atoms with Crippen LogP contribution in [0.2, 0.25) is 0 Å². The molecule has 0 radical (unpaired) electrons. The molecule has 0 aliphatic carbocycles. The number of nitrogens with one attached hydrogen (secondary N) is 1. The van der Waals surface area contributed by atoms with Crippen LogP contribution in [-0.4, -0.2) is 21.4 Å². The number of aromatic nitrogens is 2. The van der Waals surface area contributed by atoms with Crippen LogP contribution >= 0.6 is 11.8 Å². The number of benzene rings is 2. The molecule has 1 aromatic heterocycles. The van der Waals surface area contributed by atoms with E-state index in [1.807, 2.05) is 30.3 Å². The van der Waals surface area contributed by atoms with Crippen molar-refractivity contribution >= 4 is 23.4 Å². The maximum absolute atomic E-state index is 13.2. The van der Waals surface area contributed by atoms with E-state index in [9.17, 15) is 9.18 Å². The molecule has 3 aromatic rings. The topological polar surface area (TPSA) is 68.0 Å². The molecule has 3 rings (SSSR count). The molecule has 2 aromatic carbocycles. The number of halogens is 1. The minimum atomic E-state index is -0.465.